The van der Waals surface area contributed by atoms with Crippen LogP contribution in [-0.4, -0.2) is 17.2 Å². The zero-order chi connectivity index (χ0) is 12.8. The summed E-state index contributed by atoms with van der Waals surface area (Å²) >= 11 is 5.21. The summed E-state index contributed by atoms with van der Waals surface area (Å²) in [5.74, 6) is 0.784. The molecule has 2 rings (SSSR count). The largest absolute Gasteiger partial charge is 0.497 e. The molecule has 18 heavy (non-hydrogen) atoms. The number of rotatable bonds is 3. The maximum atomic E-state index is 5.21. The highest BCUT2D eigenvalue weighted by atomic mass is 32.1. The molecule has 0 spiro atoms. The summed E-state index contributed by atoms with van der Waals surface area (Å²) in [6.45, 7) is 0. The Labute approximate surface area is 111 Å². The van der Waals surface area contributed by atoms with Crippen LogP contribution in [0.5, 0.6) is 5.75 Å². The van der Waals surface area contributed by atoms with Crippen LogP contribution >= 0.6 is 12.2 Å². The van der Waals surface area contributed by atoms with E-state index in [0.29, 0.717) is 5.11 Å². The van der Waals surface area contributed by atoms with Crippen molar-refractivity contribution in [2.75, 3.05) is 17.7 Å². The topological polar surface area (TPSA) is 46.2 Å². The quantitative estimate of drug-likeness (QED) is 0.830. The molecule has 1 aromatic carbocycles. The third kappa shape index (κ3) is 3.43. The van der Waals surface area contributed by atoms with Crippen LogP contribution in [0.1, 0.15) is 0 Å². The average molecular weight is 259 g/mol. The van der Waals surface area contributed by atoms with Gasteiger partial charge in [0.05, 0.1) is 7.11 Å². The molecule has 1 aromatic heterocycles. The molecule has 0 saturated heterocycles. The molecule has 4 nitrogen and oxygen atoms in total. The number of methoxy groups -OCH3 is 1. The number of aromatic nitrogens is 1. The molecule has 0 bridgehead atoms. The van der Waals surface area contributed by atoms with Gasteiger partial charge in [-0.3, -0.25) is 4.98 Å². The molecular formula is C13H13N3OS. The van der Waals surface area contributed by atoms with E-state index in [4.69, 9.17) is 17.0 Å². The van der Waals surface area contributed by atoms with Gasteiger partial charge in [0.15, 0.2) is 5.11 Å². The minimum Gasteiger partial charge on any atom is -0.497 e. The molecule has 0 amide bonds. The lowest BCUT2D eigenvalue weighted by Crippen LogP contribution is -2.18. The van der Waals surface area contributed by atoms with Gasteiger partial charge in [-0.2, -0.15) is 0 Å². The molecule has 0 atom stereocenters. The number of benzene rings is 1. The van der Waals surface area contributed by atoms with E-state index in [1.807, 2.05) is 36.4 Å². The lowest BCUT2D eigenvalue weighted by Gasteiger charge is -2.11. The number of nitrogens with one attached hydrogen (secondary N) is 2. The third-order valence-corrected chi connectivity index (χ3v) is 2.47. The van der Waals surface area contributed by atoms with Gasteiger partial charge in [-0.15, -0.1) is 0 Å². The summed E-state index contributed by atoms with van der Waals surface area (Å²) in [6, 6.07) is 11.3. The van der Waals surface area contributed by atoms with Crippen molar-refractivity contribution in [3.8, 4) is 5.75 Å². The Morgan fingerprint density at radius 2 is 1.83 bits per heavy atom. The maximum absolute atomic E-state index is 5.21. The molecule has 92 valence electrons. The van der Waals surface area contributed by atoms with Crippen LogP contribution in [0.3, 0.4) is 0 Å². The van der Waals surface area contributed by atoms with Gasteiger partial charge >= 0.3 is 0 Å². The molecule has 0 radical (unpaired) electrons. The summed E-state index contributed by atoms with van der Waals surface area (Å²) < 4.78 is 5.14. The molecule has 0 aliphatic rings. The van der Waals surface area contributed by atoms with E-state index < -0.39 is 0 Å². The van der Waals surface area contributed by atoms with E-state index >= 15 is 0 Å². The number of ether oxygens (including phenoxy) is 1. The Bertz CT molecular complexity index is 531. The number of anilines is 2. The Balaban J connectivity index is 1.99. The minimum absolute atomic E-state index is 0.523. The van der Waals surface area contributed by atoms with Crippen LogP contribution in [0.15, 0.2) is 48.8 Å². The summed E-state index contributed by atoms with van der Waals surface area (Å²) in [5.41, 5.74) is 1.77. The molecule has 0 aliphatic heterocycles. The Morgan fingerprint density at radius 3 is 2.56 bits per heavy atom. The first-order chi connectivity index (χ1) is 8.78. The third-order valence-electron chi connectivity index (χ3n) is 2.27. The number of thiocarbonyl (C=S) groups is 1. The van der Waals surface area contributed by atoms with E-state index in [1.165, 1.54) is 0 Å². The fraction of sp³-hybridized carbons (Fsp3) is 0.0769. The lowest BCUT2D eigenvalue weighted by atomic mass is 10.3. The van der Waals surface area contributed by atoms with E-state index in [-0.39, 0.29) is 0 Å². The van der Waals surface area contributed by atoms with Crippen LogP contribution in [0, 0.1) is 0 Å². The molecule has 0 aliphatic carbocycles. The Hall–Kier alpha value is -2.14. The van der Waals surface area contributed by atoms with Crippen molar-refractivity contribution in [2.24, 2.45) is 0 Å². The second kappa shape index (κ2) is 5.97. The fourth-order valence-electron chi connectivity index (χ4n) is 1.43. The SMILES string of the molecule is COc1cccc(NC(=S)Nc2ccncc2)c1. The number of hydrogen-bond donors (Lipinski definition) is 2. The molecule has 0 fully saturated rings. The van der Waals surface area contributed by atoms with Gasteiger partial charge in [-0.05, 0) is 36.5 Å². The van der Waals surface area contributed by atoms with Gasteiger partial charge < -0.3 is 15.4 Å². The van der Waals surface area contributed by atoms with Gasteiger partial charge in [0, 0.05) is 29.8 Å². The first kappa shape index (κ1) is 12.3. The van der Waals surface area contributed by atoms with Crippen molar-refractivity contribution in [2.45, 2.75) is 0 Å². The first-order valence-corrected chi connectivity index (χ1v) is 5.81. The smallest absolute Gasteiger partial charge is 0.175 e. The minimum atomic E-state index is 0.523. The number of hydrogen-bond acceptors (Lipinski definition) is 3. The van der Waals surface area contributed by atoms with E-state index in [1.54, 1.807) is 19.5 Å². The van der Waals surface area contributed by atoms with Crippen molar-refractivity contribution in [3.05, 3.63) is 48.8 Å². The normalized spacial score (nSPS) is 9.61. The lowest BCUT2D eigenvalue weighted by molar-refractivity contribution is 0.415. The molecule has 1 heterocycles. The standard InChI is InChI=1S/C13H13N3OS/c1-17-12-4-2-3-11(9-12)16-13(18)15-10-5-7-14-8-6-10/h2-9H,1H3,(H2,14,15,16,18). The van der Waals surface area contributed by atoms with Crippen molar-refractivity contribution in [1.29, 1.82) is 0 Å². The maximum Gasteiger partial charge on any atom is 0.175 e. The van der Waals surface area contributed by atoms with Gasteiger partial charge in [-0.1, -0.05) is 6.07 Å². The van der Waals surface area contributed by atoms with Gasteiger partial charge in [0.1, 0.15) is 5.75 Å². The number of nitrogens with zero attached hydrogens (tertiary/aromatic N) is 1. The first-order valence-electron chi connectivity index (χ1n) is 5.40. The van der Waals surface area contributed by atoms with Crippen molar-refractivity contribution in [1.82, 2.24) is 4.98 Å². The molecule has 2 aromatic rings. The second-order valence-corrected chi connectivity index (χ2v) is 3.96. The van der Waals surface area contributed by atoms with Gasteiger partial charge in [0.2, 0.25) is 0 Å². The summed E-state index contributed by atoms with van der Waals surface area (Å²) in [4.78, 5) is 3.94. The van der Waals surface area contributed by atoms with Crippen LogP contribution in [-0.2, 0) is 0 Å². The van der Waals surface area contributed by atoms with Gasteiger partial charge in [-0.25, -0.2) is 0 Å². The van der Waals surface area contributed by atoms with Crippen LogP contribution in [0.4, 0.5) is 11.4 Å². The molecule has 0 unspecified atom stereocenters. The zero-order valence-corrected chi connectivity index (χ0v) is 10.7. The average Bonchev–Trinajstić information content (AvgIpc) is 2.40. The summed E-state index contributed by atoms with van der Waals surface area (Å²) in [6.07, 6.45) is 3.41. The second-order valence-electron chi connectivity index (χ2n) is 3.55. The highest BCUT2D eigenvalue weighted by Gasteiger charge is 1.99. The monoisotopic (exact) mass is 259 g/mol. The highest BCUT2D eigenvalue weighted by Crippen LogP contribution is 2.17. The Morgan fingerprint density at radius 1 is 1.11 bits per heavy atom. The zero-order valence-electron chi connectivity index (χ0n) is 9.88. The van der Waals surface area contributed by atoms with Crippen LogP contribution < -0.4 is 15.4 Å². The molecular weight excluding hydrogens is 246 g/mol. The van der Waals surface area contributed by atoms with Crippen molar-refractivity contribution in [3.63, 3.8) is 0 Å². The van der Waals surface area contributed by atoms with Crippen molar-refractivity contribution >= 4 is 28.7 Å². The van der Waals surface area contributed by atoms with Crippen LogP contribution in [0.2, 0.25) is 0 Å². The van der Waals surface area contributed by atoms with Crippen molar-refractivity contribution < 1.29 is 4.74 Å². The predicted octanol–water partition coefficient (Wildman–Crippen LogP) is 2.90. The highest BCUT2D eigenvalue weighted by molar-refractivity contribution is 7.80. The van der Waals surface area contributed by atoms with Crippen LogP contribution in [0.25, 0.3) is 0 Å². The fourth-order valence-corrected chi connectivity index (χ4v) is 1.67. The van der Waals surface area contributed by atoms with E-state index in [9.17, 15) is 0 Å². The summed E-state index contributed by atoms with van der Waals surface area (Å²) in [5, 5.41) is 6.68. The molecule has 0 saturated carbocycles. The Kier molecular flexibility index (Phi) is 4.09. The molecule has 2 N–H and O–H groups in total. The predicted molar refractivity (Wildman–Crippen MR) is 77.1 cm³/mol. The van der Waals surface area contributed by atoms with E-state index in [2.05, 4.69) is 15.6 Å². The van der Waals surface area contributed by atoms with Gasteiger partial charge in [0.25, 0.3) is 0 Å². The van der Waals surface area contributed by atoms with E-state index in [0.717, 1.165) is 17.1 Å². The molecule has 5 heteroatoms. The number of pyridine rings is 1. The summed E-state index contributed by atoms with van der Waals surface area (Å²) in [7, 11) is 1.63.